The number of carbonyl (C=O) groups excluding carboxylic acids is 1. The Bertz CT molecular complexity index is 600. The number of benzene rings is 2. The minimum absolute atomic E-state index is 0.184. The van der Waals surface area contributed by atoms with Crippen LogP contribution in [-0.2, 0) is 17.9 Å². The van der Waals surface area contributed by atoms with E-state index >= 15 is 0 Å². The molecule has 2 atom stereocenters. The lowest BCUT2D eigenvalue weighted by molar-refractivity contribution is -0.133. The molecule has 1 aliphatic rings. The number of nitrogens with two attached hydrogens (primary N) is 1. The summed E-state index contributed by atoms with van der Waals surface area (Å²) in [5.41, 5.74) is 8.49. The van der Waals surface area contributed by atoms with E-state index < -0.39 is 0 Å². The van der Waals surface area contributed by atoms with Gasteiger partial charge in [-0.1, -0.05) is 67.1 Å². The molecule has 0 saturated heterocycles. The van der Waals surface area contributed by atoms with Crippen LogP contribution < -0.4 is 5.73 Å². The first-order valence-electron chi connectivity index (χ1n) is 8.83. The van der Waals surface area contributed by atoms with Crippen molar-refractivity contribution in [2.24, 2.45) is 11.7 Å². The molecule has 1 aliphatic carbocycles. The first-order chi connectivity index (χ1) is 11.7. The molecule has 1 fully saturated rings. The molecule has 0 aromatic heterocycles. The normalized spacial score (nSPS) is 20.0. The second-order valence-electron chi connectivity index (χ2n) is 6.78. The summed E-state index contributed by atoms with van der Waals surface area (Å²) in [6, 6.07) is 20.6. The maximum absolute atomic E-state index is 12.9. The number of carbonyl (C=O) groups is 1. The predicted molar refractivity (Wildman–Crippen MR) is 97.1 cm³/mol. The molecule has 3 rings (SSSR count). The summed E-state index contributed by atoms with van der Waals surface area (Å²) in [6.45, 7) is 1.30. The molecule has 3 heteroatoms. The summed E-state index contributed by atoms with van der Waals surface area (Å²) < 4.78 is 0. The van der Waals surface area contributed by atoms with Crippen LogP contribution in [0.4, 0.5) is 0 Å². The highest BCUT2D eigenvalue weighted by atomic mass is 16.2. The van der Waals surface area contributed by atoms with Gasteiger partial charge in [0.1, 0.15) is 0 Å². The standard InChI is InChI=1S/C21H26N2O/c22-20-13-7-12-19(20)14-21(24)23(15-17-8-3-1-4-9-17)16-18-10-5-2-6-11-18/h1-6,8-11,19-20H,7,12-16,22H2/t19-,20+/m0/s1. The van der Waals surface area contributed by atoms with Gasteiger partial charge in [-0.25, -0.2) is 0 Å². The van der Waals surface area contributed by atoms with Gasteiger partial charge < -0.3 is 10.6 Å². The minimum atomic E-state index is 0.184. The van der Waals surface area contributed by atoms with Crippen LogP contribution in [0.25, 0.3) is 0 Å². The van der Waals surface area contributed by atoms with Crippen LogP contribution in [-0.4, -0.2) is 16.8 Å². The van der Waals surface area contributed by atoms with E-state index in [2.05, 4.69) is 24.3 Å². The average molecular weight is 322 g/mol. The van der Waals surface area contributed by atoms with Gasteiger partial charge in [0, 0.05) is 25.6 Å². The molecular formula is C21H26N2O. The third kappa shape index (κ3) is 4.45. The van der Waals surface area contributed by atoms with E-state index in [1.54, 1.807) is 0 Å². The fourth-order valence-corrected chi connectivity index (χ4v) is 3.51. The maximum atomic E-state index is 12.9. The van der Waals surface area contributed by atoms with Crippen molar-refractivity contribution in [2.45, 2.75) is 44.8 Å². The van der Waals surface area contributed by atoms with Gasteiger partial charge in [-0.2, -0.15) is 0 Å². The lowest BCUT2D eigenvalue weighted by Gasteiger charge is -2.25. The summed E-state index contributed by atoms with van der Waals surface area (Å²) in [5, 5.41) is 0. The lowest BCUT2D eigenvalue weighted by Crippen LogP contribution is -2.34. The highest BCUT2D eigenvalue weighted by molar-refractivity contribution is 5.76. The molecule has 3 nitrogen and oxygen atoms in total. The zero-order valence-electron chi connectivity index (χ0n) is 14.1. The van der Waals surface area contributed by atoms with E-state index in [1.807, 2.05) is 41.3 Å². The molecular weight excluding hydrogens is 296 g/mol. The molecule has 0 unspecified atom stereocenters. The fraction of sp³-hybridized carbons (Fsp3) is 0.381. The van der Waals surface area contributed by atoms with Gasteiger partial charge in [0.2, 0.25) is 5.91 Å². The molecule has 0 heterocycles. The molecule has 2 N–H and O–H groups in total. The summed E-state index contributed by atoms with van der Waals surface area (Å²) in [5.74, 6) is 0.552. The Morgan fingerprint density at radius 1 is 0.917 bits per heavy atom. The van der Waals surface area contributed by atoms with E-state index in [0.717, 1.165) is 30.4 Å². The van der Waals surface area contributed by atoms with Gasteiger partial charge in [0.25, 0.3) is 0 Å². The van der Waals surface area contributed by atoms with E-state index in [9.17, 15) is 4.79 Å². The Labute approximate surface area is 144 Å². The second kappa shape index (κ2) is 8.11. The van der Waals surface area contributed by atoms with Crippen LogP contribution >= 0.6 is 0 Å². The maximum Gasteiger partial charge on any atom is 0.223 e. The second-order valence-corrected chi connectivity index (χ2v) is 6.78. The van der Waals surface area contributed by atoms with Crippen LogP contribution in [0.2, 0.25) is 0 Å². The van der Waals surface area contributed by atoms with Gasteiger partial charge in [0.05, 0.1) is 0 Å². The largest absolute Gasteiger partial charge is 0.334 e. The summed E-state index contributed by atoms with van der Waals surface area (Å²) in [6.07, 6.45) is 3.85. The van der Waals surface area contributed by atoms with Gasteiger partial charge >= 0.3 is 0 Å². The monoisotopic (exact) mass is 322 g/mol. The van der Waals surface area contributed by atoms with Gasteiger partial charge in [0.15, 0.2) is 0 Å². The first-order valence-corrected chi connectivity index (χ1v) is 8.83. The topological polar surface area (TPSA) is 46.3 Å². The molecule has 126 valence electrons. The van der Waals surface area contributed by atoms with Gasteiger partial charge in [-0.05, 0) is 29.9 Å². The van der Waals surface area contributed by atoms with Gasteiger partial charge in [-0.3, -0.25) is 4.79 Å². The van der Waals surface area contributed by atoms with Crippen molar-refractivity contribution in [3.05, 3.63) is 71.8 Å². The predicted octanol–water partition coefficient (Wildman–Crippen LogP) is 3.73. The summed E-state index contributed by atoms with van der Waals surface area (Å²) in [4.78, 5) is 14.9. The van der Waals surface area contributed by atoms with Crippen LogP contribution in [0.15, 0.2) is 60.7 Å². The molecule has 2 aromatic rings. The van der Waals surface area contributed by atoms with Crippen molar-refractivity contribution in [1.29, 1.82) is 0 Å². The van der Waals surface area contributed by atoms with Crippen molar-refractivity contribution >= 4 is 5.91 Å². The van der Waals surface area contributed by atoms with E-state index in [-0.39, 0.29) is 11.9 Å². The molecule has 0 aliphatic heterocycles. The average Bonchev–Trinajstić information content (AvgIpc) is 3.01. The van der Waals surface area contributed by atoms with Crippen LogP contribution in [0.1, 0.15) is 36.8 Å². The first kappa shape index (κ1) is 16.7. The van der Waals surface area contributed by atoms with E-state index in [4.69, 9.17) is 5.73 Å². The van der Waals surface area contributed by atoms with Gasteiger partial charge in [-0.15, -0.1) is 0 Å². The van der Waals surface area contributed by atoms with Crippen LogP contribution in [0, 0.1) is 5.92 Å². The molecule has 0 spiro atoms. The molecule has 1 saturated carbocycles. The minimum Gasteiger partial charge on any atom is -0.334 e. The Kier molecular flexibility index (Phi) is 5.65. The number of hydrogen-bond acceptors (Lipinski definition) is 2. The zero-order chi connectivity index (χ0) is 16.8. The smallest absolute Gasteiger partial charge is 0.223 e. The van der Waals surface area contributed by atoms with E-state index in [0.29, 0.717) is 25.4 Å². The van der Waals surface area contributed by atoms with Crippen molar-refractivity contribution in [3.63, 3.8) is 0 Å². The number of rotatable bonds is 6. The molecule has 24 heavy (non-hydrogen) atoms. The van der Waals surface area contributed by atoms with Crippen molar-refractivity contribution in [3.8, 4) is 0 Å². The Balaban J connectivity index is 1.71. The van der Waals surface area contributed by atoms with Crippen LogP contribution in [0.5, 0.6) is 0 Å². The van der Waals surface area contributed by atoms with Crippen molar-refractivity contribution < 1.29 is 4.79 Å². The third-order valence-corrected chi connectivity index (χ3v) is 4.94. The van der Waals surface area contributed by atoms with Crippen LogP contribution in [0.3, 0.4) is 0 Å². The van der Waals surface area contributed by atoms with Crippen molar-refractivity contribution in [2.75, 3.05) is 0 Å². The Morgan fingerprint density at radius 3 is 1.92 bits per heavy atom. The third-order valence-electron chi connectivity index (χ3n) is 4.94. The van der Waals surface area contributed by atoms with E-state index in [1.165, 1.54) is 0 Å². The molecule has 0 bridgehead atoms. The highest BCUT2D eigenvalue weighted by Crippen LogP contribution is 2.28. The highest BCUT2D eigenvalue weighted by Gasteiger charge is 2.28. The molecule has 1 amide bonds. The Hall–Kier alpha value is -2.13. The number of hydrogen-bond donors (Lipinski definition) is 1. The molecule has 0 radical (unpaired) electrons. The summed E-state index contributed by atoms with van der Waals surface area (Å²) >= 11 is 0. The SMILES string of the molecule is N[C@@H]1CCC[C@H]1CC(=O)N(Cc1ccccc1)Cc1ccccc1. The lowest BCUT2D eigenvalue weighted by atomic mass is 9.99. The van der Waals surface area contributed by atoms with Crippen molar-refractivity contribution in [1.82, 2.24) is 4.90 Å². The number of amides is 1. The summed E-state index contributed by atoms with van der Waals surface area (Å²) in [7, 11) is 0. The quantitative estimate of drug-likeness (QED) is 0.881. The molecule has 2 aromatic carbocycles. The number of nitrogens with zero attached hydrogens (tertiary/aromatic N) is 1. The fourth-order valence-electron chi connectivity index (χ4n) is 3.51. The Morgan fingerprint density at radius 2 is 1.46 bits per heavy atom. The zero-order valence-corrected chi connectivity index (χ0v) is 14.1.